The number of benzene rings is 1. The average molecular weight is 378 g/mol. The van der Waals surface area contributed by atoms with E-state index in [2.05, 4.69) is 0 Å². The first kappa shape index (κ1) is 19.9. The molecule has 2 rings (SSSR count). The summed E-state index contributed by atoms with van der Waals surface area (Å²) in [5.74, 6) is -0.617. The smallest absolute Gasteiger partial charge is 0.326 e. The van der Waals surface area contributed by atoms with Crippen LogP contribution in [0.15, 0.2) is 58.4 Å². The summed E-state index contributed by atoms with van der Waals surface area (Å²) in [4.78, 5) is 23.9. The lowest BCUT2D eigenvalue weighted by molar-refractivity contribution is -0.145. The molecule has 1 heterocycles. The Hall–Kier alpha value is -2.45. The van der Waals surface area contributed by atoms with Gasteiger partial charge < -0.3 is 9.30 Å². The Morgan fingerprint density at radius 3 is 2.35 bits per heavy atom. The van der Waals surface area contributed by atoms with Crippen LogP contribution >= 0.6 is 0 Å². The van der Waals surface area contributed by atoms with Gasteiger partial charge in [0.25, 0.3) is 5.56 Å². The second-order valence-corrected chi connectivity index (χ2v) is 7.50. The largest absolute Gasteiger partial charge is 0.459 e. The molecule has 0 aliphatic rings. The van der Waals surface area contributed by atoms with Gasteiger partial charge in [-0.05, 0) is 11.6 Å². The summed E-state index contributed by atoms with van der Waals surface area (Å²) in [5.41, 5.74) is 0.353. The van der Waals surface area contributed by atoms with E-state index in [4.69, 9.17) is 4.74 Å². The van der Waals surface area contributed by atoms with E-state index >= 15 is 0 Å². The predicted octanol–water partition coefficient (Wildman–Crippen LogP) is 1.62. The van der Waals surface area contributed by atoms with Gasteiger partial charge in [-0.15, -0.1) is 0 Å². The lowest BCUT2D eigenvalue weighted by Gasteiger charge is -2.18. The maximum atomic E-state index is 12.5. The highest BCUT2D eigenvalue weighted by molar-refractivity contribution is 7.89. The number of pyridine rings is 1. The first-order chi connectivity index (χ1) is 12.4. The first-order valence-corrected chi connectivity index (χ1v) is 9.72. The Kier molecular flexibility index (Phi) is 6.70. The van der Waals surface area contributed by atoms with Crippen molar-refractivity contribution in [3.63, 3.8) is 0 Å². The molecule has 0 saturated carbocycles. The van der Waals surface area contributed by atoms with Crippen molar-refractivity contribution in [1.82, 2.24) is 8.87 Å². The molecule has 0 atom stereocenters. The number of aromatic nitrogens is 1. The Morgan fingerprint density at radius 2 is 1.73 bits per heavy atom. The highest BCUT2D eigenvalue weighted by Crippen LogP contribution is 2.13. The molecule has 0 aliphatic carbocycles. The number of hydrogen-bond donors (Lipinski definition) is 0. The highest BCUT2D eigenvalue weighted by atomic mass is 32.2. The number of ether oxygens (including phenoxy) is 1. The zero-order valence-corrected chi connectivity index (χ0v) is 15.6. The summed E-state index contributed by atoms with van der Waals surface area (Å²) in [5, 5.41) is 0. The van der Waals surface area contributed by atoms with Crippen LogP contribution in [-0.2, 0) is 32.7 Å². The molecule has 0 unspecified atom stereocenters. The molecule has 26 heavy (non-hydrogen) atoms. The molecule has 0 N–H and O–H groups in total. The number of carbonyl (C=O) groups excluding carboxylic acids is 1. The molecular formula is C18H22N2O5S. The molecule has 0 bridgehead atoms. The van der Waals surface area contributed by atoms with Gasteiger partial charge in [0.1, 0.15) is 13.2 Å². The number of carbonyl (C=O) groups is 1. The van der Waals surface area contributed by atoms with Crippen LogP contribution in [0.5, 0.6) is 0 Å². The summed E-state index contributed by atoms with van der Waals surface area (Å²) in [6, 6.07) is 11.5. The van der Waals surface area contributed by atoms with Crippen molar-refractivity contribution in [1.29, 1.82) is 0 Å². The van der Waals surface area contributed by atoms with Crippen molar-refractivity contribution in [3.05, 3.63) is 64.6 Å². The Morgan fingerprint density at radius 1 is 1.08 bits per heavy atom. The maximum absolute atomic E-state index is 12.5. The average Bonchev–Trinajstić information content (AvgIpc) is 2.63. The normalized spacial score (nSPS) is 11.5. The minimum absolute atomic E-state index is 0.0309. The number of sulfonamides is 1. The molecule has 0 spiro atoms. The second kappa shape index (κ2) is 8.77. The molecule has 0 aliphatic heterocycles. The third kappa shape index (κ3) is 4.80. The van der Waals surface area contributed by atoms with E-state index < -0.39 is 21.6 Å². The standard InChI is InChI=1S/C18H22N2O5S/c1-3-20(4-2)26(23,24)16-10-11-17(21)19(12-16)13-18(22)25-14-15-8-6-5-7-9-15/h5-12H,3-4,13-14H2,1-2H3. The van der Waals surface area contributed by atoms with Crippen LogP contribution in [0.2, 0.25) is 0 Å². The molecule has 140 valence electrons. The van der Waals surface area contributed by atoms with Crippen molar-refractivity contribution in [2.24, 2.45) is 0 Å². The molecule has 0 radical (unpaired) electrons. The van der Waals surface area contributed by atoms with Crippen LogP contribution in [0, 0.1) is 0 Å². The zero-order chi connectivity index (χ0) is 19.2. The number of rotatable bonds is 8. The molecule has 0 fully saturated rings. The summed E-state index contributed by atoms with van der Waals surface area (Å²) in [6.45, 7) is 3.84. The van der Waals surface area contributed by atoms with Crippen LogP contribution in [0.1, 0.15) is 19.4 Å². The topological polar surface area (TPSA) is 85.7 Å². The Labute approximate surface area is 152 Å². The van der Waals surface area contributed by atoms with Gasteiger partial charge in [-0.25, -0.2) is 8.42 Å². The molecule has 0 amide bonds. The predicted molar refractivity (Wildman–Crippen MR) is 97.0 cm³/mol. The van der Waals surface area contributed by atoms with E-state index in [1.54, 1.807) is 13.8 Å². The lowest BCUT2D eigenvalue weighted by Crippen LogP contribution is -2.32. The molecular weight excluding hydrogens is 356 g/mol. The van der Waals surface area contributed by atoms with Crippen LogP contribution < -0.4 is 5.56 Å². The molecule has 0 saturated heterocycles. The van der Waals surface area contributed by atoms with Gasteiger partial charge in [-0.2, -0.15) is 4.31 Å². The molecule has 1 aromatic heterocycles. The SMILES string of the molecule is CCN(CC)S(=O)(=O)c1ccc(=O)n(CC(=O)OCc2ccccc2)c1. The van der Waals surface area contributed by atoms with Crippen LogP contribution in [0.3, 0.4) is 0 Å². The fourth-order valence-electron chi connectivity index (χ4n) is 2.42. The quantitative estimate of drug-likeness (QED) is 0.652. The monoisotopic (exact) mass is 378 g/mol. The van der Waals surface area contributed by atoms with E-state index in [-0.39, 0.29) is 18.0 Å². The third-order valence-electron chi connectivity index (χ3n) is 3.84. The van der Waals surface area contributed by atoms with E-state index in [1.165, 1.54) is 16.6 Å². The van der Waals surface area contributed by atoms with Gasteiger partial charge >= 0.3 is 5.97 Å². The number of nitrogens with zero attached hydrogens (tertiary/aromatic N) is 2. The van der Waals surface area contributed by atoms with E-state index in [9.17, 15) is 18.0 Å². The van der Waals surface area contributed by atoms with Gasteiger partial charge in [0.05, 0.1) is 4.90 Å². The van der Waals surface area contributed by atoms with Gasteiger partial charge in [0, 0.05) is 25.4 Å². The van der Waals surface area contributed by atoms with Crippen molar-refractivity contribution in [2.75, 3.05) is 13.1 Å². The summed E-state index contributed by atoms with van der Waals surface area (Å²) in [7, 11) is -3.71. The Balaban J connectivity index is 2.14. The van der Waals surface area contributed by atoms with E-state index in [0.717, 1.165) is 16.2 Å². The number of esters is 1. The summed E-state index contributed by atoms with van der Waals surface area (Å²) < 4.78 is 32.6. The Bertz CT molecular complexity index is 903. The molecule has 1 aromatic carbocycles. The van der Waals surface area contributed by atoms with Crippen LogP contribution in [0.25, 0.3) is 0 Å². The number of hydrogen-bond acceptors (Lipinski definition) is 5. The van der Waals surface area contributed by atoms with Crippen molar-refractivity contribution in [3.8, 4) is 0 Å². The van der Waals surface area contributed by atoms with E-state index in [1.807, 2.05) is 30.3 Å². The summed E-state index contributed by atoms with van der Waals surface area (Å²) in [6.07, 6.45) is 1.18. The minimum atomic E-state index is -3.71. The van der Waals surface area contributed by atoms with Gasteiger partial charge in [0.15, 0.2) is 0 Å². The van der Waals surface area contributed by atoms with Crippen molar-refractivity contribution in [2.45, 2.75) is 31.9 Å². The fraction of sp³-hybridized carbons (Fsp3) is 0.333. The molecule has 2 aromatic rings. The highest BCUT2D eigenvalue weighted by Gasteiger charge is 2.22. The second-order valence-electron chi connectivity index (χ2n) is 5.57. The third-order valence-corrected chi connectivity index (χ3v) is 5.88. The van der Waals surface area contributed by atoms with Crippen molar-refractivity contribution < 1.29 is 17.9 Å². The molecule has 7 nitrogen and oxygen atoms in total. The lowest BCUT2D eigenvalue weighted by atomic mass is 10.2. The van der Waals surface area contributed by atoms with Gasteiger partial charge in [0.2, 0.25) is 10.0 Å². The van der Waals surface area contributed by atoms with Crippen LogP contribution in [0.4, 0.5) is 0 Å². The van der Waals surface area contributed by atoms with E-state index in [0.29, 0.717) is 13.1 Å². The van der Waals surface area contributed by atoms with Crippen LogP contribution in [-0.4, -0.2) is 36.3 Å². The zero-order valence-electron chi connectivity index (χ0n) is 14.8. The first-order valence-electron chi connectivity index (χ1n) is 8.28. The summed E-state index contributed by atoms with van der Waals surface area (Å²) >= 11 is 0. The van der Waals surface area contributed by atoms with Gasteiger partial charge in [-0.3, -0.25) is 9.59 Å². The van der Waals surface area contributed by atoms with Crippen molar-refractivity contribution >= 4 is 16.0 Å². The fourth-order valence-corrected chi connectivity index (χ4v) is 3.90. The molecule has 8 heteroatoms. The maximum Gasteiger partial charge on any atom is 0.326 e. The van der Waals surface area contributed by atoms with Gasteiger partial charge in [-0.1, -0.05) is 44.2 Å². The minimum Gasteiger partial charge on any atom is -0.459 e.